The SMILES string of the molecule is CCn1cc(C(=O)N(c2ccccc2)C2CCN(C(C)=O)CC2)cn1. The number of amides is 2. The van der Waals surface area contributed by atoms with E-state index < -0.39 is 0 Å². The van der Waals surface area contributed by atoms with Gasteiger partial charge in [0.2, 0.25) is 5.91 Å². The molecule has 132 valence electrons. The summed E-state index contributed by atoms with van der Waals surface area (Å²) in [6, 6.07) is 9.82. The van der Waals surface area contributed by atoms with Crippen molar-refractivity contribution in [1.29, 1.82) is 0 Å². The predicted octanol–water partition coefficient (Wildman–Crippen LogP) is 2.56. The van der Waals surface area contributed by atoms with Gasteiger partial charge in [-0.3, -0.25) is 14.3 Å². The number of carbonyl (C=O) groups excluding carboxylic acids is 2. The highest BCUT2D eigenvalue weighted by Gasteiger charge is 2.31. The maximum absolute atomic E-state index is 13.2. The molecule has 0 unspecified atom stereocenters. The average molecular weight is 340 g/mol. The number of piperidine rings is 1. The lowest BCUT2D eigenvalue weighted by molar-refractivity contribution is -0.129. The predicted molar refractivity (Wildman–Crippen MR) is 96.4 cm³/mol. The van der Waals surface area contributed by atoms with Crippen LogP contribution in [0.1, 0.15) is 37.0 Å². The number of nitrogens with zero attached hydrogens (tertiary/aromatic N) is 4. The fourth-order valence-electron chi connectivity index (χ4n) is 3.31. The third kappa shape index (κ3) is 3.73. The summed E-state index contributed by atoms with van der Waals surface area (Å²) in [4.78, 5) is 28.5. The van der Waals surface area contributed by atoms with Gasteiger partial charge >= 0.3 is 0 Å². The van der Waals surface area contributed by atoms with Crippen LogP contribution in [0.15, 0.2) is 42.7 Å². The monoisotopic (exact) mass is 340 g/mol. The third-order valence-corrected chi connectivity index (χ3v) is 4.73. The zero-order valence-corrected chi connectivity index (χ0v) is 14.8. The molecule has 1 saturated heterocycles. The molecule has 2 amide bonds. The molecule has 25 heavy (non-hydrogen) atoms. The second-order valence-corrected chi connectivity index (χ2v) is 6.33. The number of aryl methyl sites for hydroxylation is 1. The van der Waals surface area contributed by atoms with E-state index in [1.165, 1.54) is 0 Å². The Hall–Kier alpha value is -2.63. The maximum Gasteiger partial charge on any atom is 0.261 e. The second kappa shape index (κ2) is 7.51. The first-order valence-corrected chi connectivity index (χ1v) is 8.76. The first kappa shape index (κ1) is 17.2. The van der Waals surface area contributed by atoms with Crippen LogP contribution in [0.4, 0.5) is 5.69 Å². The van der Waals surface area contributed by atoms with E-state index in [1.807, 2.05) is 47.1 Å². The lowest BCUT2D eigenvalue weighted by Crippen LogP contribution is -2.48. The van der Waals surface area contributed by atoms with E-state index in [4.69, 9.17) is 0 Å². The number of carbonyl (C=O) groups is 2. The topological polar surface area (TPSA) is 58.4 Å². The summed E-state index contributed by atoms with van der Waals surface area (Å²) in [6.45, 7) is 5.69. The van der Waals surface area contributed by atoms with Crippen molar-refractivity contribution in [1.82, 2.24) is 14.7 Å². The highest BCUT2D eigenvalue weighted by atomic mass is 16.2. The molecule has 2 heterocycles. The molecule has 1 aromatic carbocycles. The Labute approximate surface area is 148 Å². The van der Waals surface area contributed by atoms with Gasteiger partial charge in [-0.15, -0.1) is 0 Å². The summed E-state index contributed by atoms with van der Waals surface area (Å²) in [6.07, 6.45) is 4.99. The van der Waals surface area contributed by atoms with Crippen molar-refractivity contribution in [2.75, 3.05) is 18.0 Å². The molecule has 1 fully saturated rings. The van der Waals surface area contributed by atoms with Crippen LogP contribution in [0.25, 0.3) is 0 Å². The molecule has 0 bridgehead atoms. The van der Waals surface area contributed by atoms with E-state index in [-0.39, 0.29) is 17.9 Å². The zero-order valence-electron chi connectivity index (χ0n) is 14.8. The quantitative estimate of drug-likeness (QED) is 0.859. The van der Waals surface area contributed by atoms with Crippen molar-refractivity contribution in [3.05, 3.63) is 48.3 Å². The number of anilines is 1. The summed E-state index contributed by atoms with van der Waals surface area (Å²) in [5.41, 5.74) is 1.48. The Morgan fingerprint density at radius 1 is 1.20 bits per heavy atom. The lowest BCUT2D eigenvalue weighted by atomic mass is 10.0. The third-order valence-electron chi connectivity index (χ3n) is 4.73. The fraction of sp³-hybridized carbons (Fsp3) is 0.421. The van der Waals surface area contributed by atoms with Gasteiger partial charge in [0.05, 0.1) is 11.8 Å². The van der Waals surface area contributed by atoms with E-state index in [1.54, 1.807) is 24.0 Å². The van der Waals surface area contributed by atoms with Crippen LogP contribution in [-0.4, -0.2) is 45.6 Å². The largest absolute Gasteiger partial charge is 0.343 e. The molecule has 1 aliphatic rings. The second-order valence-electron chi connectivity index (χ2n) is 6.33. The van der Waals surface area contributed by atoms with Crippen LogP contribution in [0.3, 0.4) is 0 Å². The highest BCUT2D eigenvalue weighted by Crippen LogP contribution is 2.25. The van der Waals surface area contributed by atoms with Gasteiger partial charge in [0, 0.05) is 44.5 Å². The molecular weight excluding hydrogens is 316 g/mol. The van der Waals surface area contributed by atoms with Gasteiger partial charge < -0.3 is 9.80 Å². The molecule has 0 atom stereocenters. The van der Waals surface area contributed by atoms with Crippen LogP contribution in [0.2, 0.25) is 0 Å². The number of hydrogen-bond acceptors (Lipinski definition) is 3. The summed E-state index contributed by atoms with van der Waals surface area (Å²) >= 11 is 0. The van der Waals surface area contributed by atoms with Crippen molar-refractivity contribution in [2.45, 2.75) is 39.3 Å². The minimum atomic E-state index is -0.0350. The van der Waals surface area contributed by atoms with Crippen LogP contribution in [0, 0.1) is 0 Å². The lowest BCUT2D eigenvalue weighted by Gasteiger charge is -2.38. The van der Waals surface area contributed by atoms with Crippen molar-refractivity contribution >= 4 is 17.5 Å². The summed E-state index contributed by atoms with van der Waals surface area (Å²) in [5.74, 6) is 0.0624. The smallest absolute Gasteiger partial charge is 0.261 e. The van der Waals surface area contributed by atoms with E-state index in [0.717, 1.165) is 25.1 Å². The van der Waals surface area contributed by atoms with Crippen LogP contribution in [-0.2, 0) is 11.3 Å². The highest BCUT2D eigenvalue weighted by molar-refractivity contribution is 6.06. The summed E-state index contributed by atoms with van der Waals surface area (Å²) in [7, 11) is 0. The first-order chi connectivity index (χ1) is 12.1. The Kier molecular flexibility index (Phi) is 5.16. The molecule has 1 aliphatic heterocycles. The molecule has 6 nitrogen and oxygen atoms in total. The van der Waals surface area contributed by atoms with Crippen molar-refractivity contribution in [3.8, 4) is 0 Å². The molecule has 0 spiro atoms. The molecule has 2 aromatic rings. The van der Waals surface area contributed by atoms with Gasteiger partial charge in [-0.05, 0) is 31.9 Å². The summed E-state index contributed by atoms with van der Waals surface area (Å²) in [5, 5.41) is 4.23. The number of aromatic nitrogens is 2. The number of likely N-dealkylation sites (tertiary alicyclic amines) is 1. The van der Waals surface area contributed by atoms with Gasteiger partial charge in [-0.2, -0.15) is 5.10 Å². The minimum Gasteiger partial charge on any atom is -0.343 e. The Morgan fingerprint density at radius 3 is 2.44 bits per heavy atom. The Balaban J connectivity index is 1.86. The van der Waals surface area contributed by atoms with Gasteiger partial charge in [0.15, 0.2) is 0 Å². The van der Waals surface area contributed by atoms with E-state index >= 15 is 0 Å². The van der Waals surface area contributed by atoms with Crippen LogP contribution in [0.5, 0.6) is 0 Å². The molecule has 0 radical (unpaired) electrons. The van der Waals surface area contributed by atoms with Gasteiger partial charge in [0.25, 0.3) is 5.91 Å². The minimum absolute atomic E-state index is 0.0350. The molecule has 0 saturated carbocycles. The number of hydrogen-bond donors (Lipinski definition) is 0. The van der Waals surface area contributed by atoms with Crippen molar-refractivity contribution in [2.24, 2.45) is 0 Å². The molecule has 0 aliphatic carbocycles. The van der Waals surface area contributed by atoms with E-state index in [9.17, 15) is 9.59 Å². The Morgan fingerprint density at radius 2 is 1.88 bits per heavy atom. The average Bonchev–Trinajstić information content (AvgIpc) is 3.12. The van der Waals surface area contributed by atoms with Crippen molar-refractivity contribution in [3.63, 3.8) is 0 Å². The molecule has 0 N–H and O–H groups in total. The van der Waals surface area contributed by atoms with Crippen LogP contribution < -0.4 is 4.90 Å². The molecular formula is C19H24N4O2. The normalized spacial score (nSPS) is 15.2. The molecule has 3 rings (SSSR count). The maximum atomic E-state index is 13.2. The standard InChI is InChI=1S/C19H24N4O2/c1-3-22-14-16(13-20-22)19(25)23(17-7-5-4-6-8-17)18-9-11-21(12-10-18)15(2)24/h4-8,13-14,18H,3,9-12H2,1-2H3. The van der Waals surface area contributed by atoms with Gasteiger partial charge in [-0.25, -0.2) is 0 Å². The molecule has 6 heteroatoms. The first-order valence-electron chi connectivity index (χ1n) is 8.76. The number of rotatable bonds is 4. The van der Waals surface area contributed by atoms with Gasteiger partial charge in [-0.1, -0.05) is 18.2 Å². The van der Waals surface area contributed by atoms with Gasteiger partial charge in [0.1, 0.15) is 0 Å². The number of para-hydroxylation sites is 1. The van der Waals surface area contributed by atoms with E-state index in [0.29, 0.717) is 18.7 Å². The Bertz CT molecular complexity index is 733. The fourth-order valence-corrected chi connectivity index (χ4v) is 3.31. The summed E-state index contributed by atoms with van der Waals surface area (Å²) < 4.78 is 1.76. The van der Waals surface area contributed by atoms with E-state index in [2.05, 4.69) is 5.10 Å². The zero-order chi connectivity index (χ0) is 17.8. The van der Waals surface area contributed by atoms with Crippen LogP contribution >= 0.6 is 0 Å². The number of benzene rings is 1. The van der Waals surface area contributed by atoms with Crippen molar-refractivity contribution < 1.29 is 9.59 Å². The molecule has 1 aromatic heterocycles.